The Morgan fingerprint density at radius 2 is 2.20 bits per heavy atom. The van der Waals surface area contributed by atoms with Crippen LogP contribution in [0, 0.1) is 5.92 Å². The summed E-state index contributed by atoms with van der Waals surface area (Å²) >= 11 is 3.40. The summed E-state index contributed by atoms with van der Waals surface area (Å²) in [5, 5.41) is 0. The molecule has 0 saturated heterocycles. The molecule has 3 heteroatoms. The third kappa shape index (κ3) is 2.33. The van der Waals surface area contributed by atoms with E-state index < -0.39 is 0 Å². The van der Waals surface area contributed by atoms with E-state index in [2.05, 4.69) is 45.9 Å². The Hall–Kier alpha value is -0.570. The summed E-state index contributed by atoms with van der Waals surface area (Å²) in [6.07, 6.45) is 6.01. The summed E-state index contributed by atoms with van der Waals surface area (Å²) in [4.78, 5) is 6.71. The van der Waals surface area contributed by atoms with Crippen molar-refractivity contribution in [3.8, 4) is 0 Å². The number of nitrogens with zero attached hydrogens (tertiary/aromatic N) is 2. The molecule has 0 amide bonds. The molecule has 1 unspecified atom stereocenters. The minimum atomic E-state index is 0.604. The molecule has 1 aromatic rings. The van der Waals surface area contributed by atoms with Crippen molar-refractivity contribution in [1.29, 1.82) is 0 Å². The van der Waals surface area contributed by atoms with Gasteiger partial charge in [-0.25, -0.2) is 4.98 Å². The zero-order valence-corrected chi connectivity index (χ0v) is 10.9. The van der Waals surface area contributed by atoms with E-state index >= 15 is 0 Å². The van der Waals surface area contributed by atoms with Gasteiger partial charge in [0.1, 0.15) is 5.82 Å². The molecule has 2 rings (SSSR count). The summed E-state index contributed by atoms with van der Waals surface area (Å²) in [5.41, 5.74) is 0. The van der Waals surface area contributed by atoms with Crippen LogP contribution in [0.15, 0.2) is 22.8 Å². The maximum Gasteiger partial charge on any atom is 0.128 e. The van der Waals surface area contributed by atoms with Gasteiger partial charge in [-0.1, -0.05) is 6.42 Å². The minimum Gasteiger partial charge on any atom is -0.357 e. The van der Waals surface area contributed by atoms with E-state index in [9.17, 15) is 0 Å². The summed E-state index contributed by atoms with van der Waals surface area (Å²) in [6, 6.07) is 4.72. The fourth-order valence-electron chi connectivity index (χ4n) is 2.02. The van der Waals surface area contributed by atoms with E-state index in [1.165, 1.54) is 19.3 Å². The van der Waals surface area contributed by atoms with Gasteiger partial charge in [0, 0.05) is 23.8 Å². The lowest BCUT2D eigenvalue weighted by molar-refractivity contribution is 0.267. The van der Waals surface area contributed by atoms with E-state index in [1.807, 2.05) is 12.3 Å². The molecular formula is C12H17BrN2. The standard InChI is InChI=1S/C12H17BrN2/c1-9(10-4-3-5-10)15(2)12-7-6-11(13)8-14-12/h6-10H,3-5H2,1-2H3. The van der Waals surface area contributed by atoms with Gasteiger partial charge in [0.15, 0.2) is 0 Å². The molecule has 2 nitrogen and oxygen atoms in total. The molecule has 1 atom stereocenters. The molecular weight excluding hydrogens is 252 g/mol. The highest BCUT2D eigenvalue weighted by Crippen LogP contribution is 2.32. The first-order valence-electron chi connectivity index (χ1n) is 5.53. The second-order valence-corrected chi connectivity index (χ2v) is 5.29. The molecule has 0 aliphatic heterocycles. The number of anilines is 1. The van der Waals surface area contributed by atoms with Crippen LogP contribution in [0.25, 0.3) is 0 Å². The fraction of sp³-hybridized carbons (Fsp3) is 0.583. The molecule has 1 aliphatic rings. The molecule has 1 fully saturated rings. The van der Waals surface area contributed by atoms with Crippen molar-refractivity contribution in [2.24, 2.45) is 5.92 Å². The predicted molar refractivity (Wildman–Crippen MR) is 67.1 cm³/mol. The summed E-state index contributed by atoms with van der Waals surface area (Å²) in [6.45, 7) is 2.30. The monoisotopic (exact) mass is 268 g/mol. The number of hydrogen-bond acceptors (Lipinski definition) is 2. The lowest BCUT2D eigenvalue weighted by Gasteiger charge is -2.37. The highest BCUT2D eigenvalue weighted by molar-refractivity contribution is 9.10. The Morgan fingerprint density at radius 1 is 1.47 bits per heavy atom. The van der Waals surface area contributed by atoms with Gasteiger partial charge in [-0.15, -0.1) is 0 Å². The molecule has 1 aliphatic carbocycles. The van der Waals surface area contributed by atoms with Crippen molar-refractivity contribution < 1.29 is 0 Å². The molecule has 1 heterocycles. The Morgan fingerprint density at radius 3 is 2.67 bits per heavy atom. The number of aromatic nitrogens is 1. The van der Waals surface area contributed by atoms with Crippen LogP contribution < -0.4 is 4.90 Å². The van der Waals surface area contributed by atoms with Crippen molar-refractivity contribution in [3.63, 3.8) is 0 Å². The maximum absolute atomic E-state index is 4.42. The number of hydrogen-bond donors (Lipinski definition) is 0. The highest BCUT2D eigenvalue weighted by Gasteiger charge is 2.27. The Balaban J connectivity index is 2.05. The molecule has 0 spiro atoms. The van der Waals surface area contributed by atoms with Crippen LogP contribution in [0.5, 0.6) is 0 Å². The van der Waals surface area contributed by atoms with E-state index in [-0.39, 0.29) is 0 Å². The molecule has 0 bridgehead atoms. The van der Waals surface area contributed by atoms with Crippen molar-refractivity contribution in [1.82, 2.24) is 4.98 Å². The van der Waals surface area contributed by atoms with Gasteiger partial charge in [0.05, 0.1) is 0 Å². The van der Waals surface area contributed by atoms with Crippen molar-refractivity contribution in [2.45, 2.75) is 32.2 Å². The zero-order chi connectivity index (χ0) is 10.8. The average molecular weight is 269 g/mol. The molecule has 0 radical (unpaired) electrons. The summed E-state index contributed by atoms with van der Waals surface area (Å²) in [5.74, 6) is 1.93. The molecule has 15 heavy (non-hydrogen) atoms. The van der Waals surface area contributed by atoms with Crippen LogP contribution in [-0.2, 0) is 0 Å². The van der Waals surface area contributed by atoms with E-state index in [4.69, 9.17) is 0 Å². The van der Waals surface area contributed by atoms with Gasteiger partial charge in [0.25, 0.3) is 0 Å². The van der Waals surface area contributed by atoms with Gasteiger partial charge in [0.2, 0.25) is 0 Å². The molecule has 0 aromatic carbocycles. The largest absolute Gasteiger partial charge is 0.357 e. The van der Waals surface area contributed by atoms with Crippen LogP contribution in [0.2, 0.25) is 0 Å². The normalized spacial score (nSPS) is 18.3. The topological polar surface area (TPSA) is 16.1 Å². The second-order valence-electron chi connectivity index (χ2n) is 4.38. The minimum absolute atomic E-state index is 0.604. The van der Waals surface area contributed by atoms with E-state index in [0.717, 1.165) is 16.2 Å². The third-order valence-electron chi connectivity index (χ3n) is 3.52. The van der Waals surface area contributed by atoms with E-state index in [0.29, 0.717) is 6.04 Å². The third-order valence-corrected chi connectivity index (χ3v) is 3.99. The predicted octanol–water partition coefficient (Wildman–Crippen LogP) is 3.47. The van der Waals surface area contributed by atoms with Crippen molar-refractivity contribution in [3.05, 3.63) is 22.8 Å². The van der Waals surface area contributed by atoms with Gasteiger partial charge >= 0.3 is 0 Å². The lowest BCUT2D eigenvalue weighted by atomic mass is 9.80. The molecule has 1 saturated carbocycles. The lowest BCUT2D eigenvalue weighted by Crippen LogP contribution is -2.39. The van der Waals surface area contributed by atoms with Crippen LogP contribution in [0.4, 0.5) is 5.82 Å². The maximum atomic E-state index is 4.42. The Bertz CT molecular complexity index is 319. The van der Waals surface area contributed by atoms with Crippen LogP contribution in [0.1, 0.15) is 26.2 Å². The van der Waals surface area contributed by atoms with Crippen LogP contribution >= 0.6 is 15.9 Å². The quantitative estimate of drug-likeness (QED) is 0.835. The molecule has 82 valence electrons. The van der Waals surface area contributed by atoms with Gasteiger partial charge in [-0.2, -0.15) is 0 Å². The van der Waals surface area contributed by atoms with Crippen molar-refractivity contribution >= 4 is 21.7 Å². The van der Waals surface area contributed by atoms with Crippen LogP contribution in [-0.4, -0.2) is 18.1 Å². The van der Waals surface area contributed by atoms with Crippen molar-refractivity contribution in [2.75, 3.05) is 11.9 Å². The van der Waals surface area contributed by atoms with Gasteiger partial charge in [-0.3, -0.25) is 0 Å². The zero-order valence-electron chi connectivity index (χ0n) is 9.28. The number of pyridine rings is 1. The summed E-state index contributed by atoms with van der Waals surface area (Å²) < 4.78 is 1.04. The molecule has 0 N–H and O–H groups in total. The first-order valence-corrected chi connectivity index (χ1v) is 6.32. The van der Waals surface area contributed by atoms with Gasteiger partial charge < -0.3 is 4.90 Å². The fourth-order valence-corrected chi connectivity index (χ4v) is 2.26. The first kappa shape index (κ1) is 10.9. The summed E-state index contributed by atoms with van der Waals surface area (Å²) in [7, 11) is 2.14. The van der Waals surface area contributed by atoms with Crippen LogP contribution in [0.3, 0.4) is 0 Å². The van der Waals surface area contributed by atoms with Gasteiger partial charge in [-0.05, 0) is 53.7 Å². The highest BCUT2D eigenvalue weighted by atomic mass is 79.9. The first-order chi connectivity index (χ1) is 7.18. The molecule has 1 aromatic heterocycles. The number of rotatable bonds is 3. The SMILES string of the molecule is CC(C1CCC1)N(C)c1ccc(Br)cn1. The average Bonchev–Trinajstić information content (AvgIpc) is 2.15. The Labute approximate surface area is 99.8 Å². The number of halogens is 1. The van der Waals surface area contributed by atoms with E-state index in [1.54, 1.807) is 0 Å². The Kier molecular flexibility index (Phi) is 3.29. The smallest absolute Gasteiger partial charge is 0.128 e. The second kappa shape index (κ2) is 4.52.